The van der Waals surface area contributed by atoms with E-state index in [4.69, 9.17) is 0 Å². The van der Waals surface area contributed by atoms with Gasteiger partial charge in [0, 0.05) is 4.91 Å². The van der Waals surface area contributed by atoms with Crippen LogP contribution in [0.3, 0.4) is 0 Å². The molecule has 0 unspecified atom stereocenters. The van der Waals surface area contributed by atoms with E-state index in [0.717, 1.165) is 10.5 Å². The zero-order chi connectivity index (χ0) is 12.0. The Bertz CT molecular complexity index is 166. The third kappa shape index (κ3) is 9.40. The summed E-state index contributed by atoms with van der Waals surface area (Å²) >= 11 is 1.65. The van der Waals surface area contributed by atoms with Gasteiger partial charge in [-0.05, 0) is 11.8 Å². The number of rotatable bonds is 4. The summed E-state index contributed by atoms with van der Waals surface area (Å²) in [7, 11) is 0. The summed E-state index contributed by atoms with van der Waals surface area (Å²) in [5, 5.41) is 0. The highest BCUT2D eigenvalue weighted by molar-refractivity contribution is 8.02. The second kappa shape index (κ2) is 18.2. The van der Waals surface area contributed by atoms with Crippen molar-refractivity contribution in [3.63, 3.8) is 0 Å². The van der Waals surface area contributed by atoms with Gasteiger partial charge in [0.25, 0.3) is 0 Å². The molecule has 0 amide bonds. The highest BCUT2D eigenvalue weighted by Crippen LogP contribution is 2.18. The minimum absolute atomic E-state index is 1.04. The lowest BCUT2D eigenvalue weighted by Crippen LogP contribution is -1.75. The van der Waals surface area contributed by atoms with Gasteiger partial charge in [0.15, 0.2) is 0 Å². The Morgan fingerprint density at radius 2 is 1.21 bits per heavy atom. The molecule has 0 N–H and O–H groups in total. The summed E-state index contributed by atoms with van der Waals surface area (Å²) in [6.45, 7) is 19.0. The first-order valence-electron chi connectivity index (χ1n) is 4.95. The van der Waals surface area contributed by atoms with Crippen molar-refractivity contribution in [2.75, 3.05) is 6.26 Å². The van der Waals surface area contributed by atoms with Gasteiger partial charge in [-0.15, -0.1) is 11.8 Å². The Hall–Kier alpha value is -0.690. The lowest BCUT2D eigenvalue weighted by molar-refractivity contribution is 1.50. The van der Waals surface area contributed by atoms with Gasteiger partial charge in [-0.3, -0.25) is 0 Å². The van der Waals surface area contributed by atoms with E-state index in [1.807, 2.05) is 40.0 Å². The third-order valence-electron chi connectivity index (χ3n) is 1.13. The van der Waals surface area contributed by atoms with Crippen LogP contribution in [0.5, 0.6) is 0 Å². The summed E-state index contributed by atoms with van der Waals surface area (Å²) in [5.74, 6) is 0. The van der Waals surface area contributed by atoms with Gasteiger partial charge in [-0.2, -0.15) is 0 Å². The first-order chi connectivity index (χ1) is 6.79. The van der Waals surface area contributed by atoms with Crippen molar-refractivity contribution in [1.82, 2.24) is 0 Å². The molecule has 0 radical (unpaired) electrons. The Morgan fingerprint density at radius 3 is 1.29 bits per heavy atom. The second-order valence-electron chi connectivity index (χ2n) is 1.64. The summed E-state index contributed by atoms with van der Waals surface area (Å²) in [5.41, 5.74) is 1.04. The molecular formula is C13H24S. The maximum Gasteiger partial charge on any atom is 0.0135 e. The van der Waals surface area contributed by atoms with Crippen LogP contribution in [0.4, 0.5) is 0 Å². The molecule has 0 rings (SSSR count). The van der Waals surface area contributed by atoms with E-state index in [-0.39, 0.29) is 0 Å². The highest BCUT2D eigenvalue weighted by Gasteiger charge is 1.91. The topological polar surface area (TPSA) is 0 Å². The molecule has 0 saturated carbocycles. The molecule has 0 heterocycles. The van der Waals surface area contributed by atoms with E-state index >= 15 is 0 Å². The quantitative estimate of drug-likeness (QED) is 0.576. The van der Waals surface area contributed by atoms with Crippen molar-refractivity contribution in [2.45, 2.75) is 27.7 Å². The molecule has 1 heteroatoms. The molecule has 0 aliphatic heterocycles. The average Bonchev–Trinajstić information content (AvgIpc) is 2.31. The predicted molar refractivity (Wildman–Crippen MR) is 73.8 cm³/mol. The van der Waals surface area contributed by atoms with Crippen molar-refractivity contribution in [3.05, 3.63) is 48.4 Å². The van der Waals surface area contributed by atoms with Crippen molar-refractivity contribution < 1.29 is 0 Å². The van der Waals surface area contributed by atoms with Crippen molar-refractivity contribution in [1.29, 1.82) is 0 Å². The van der Waals surface area contributed by atoms with Crippen molar-refractivity contribution in [3.8, 4) is 0 Å². The van der Waals surface area contributed by atoms with Crippen LogP contribution in [-0.2, 0) is 0 Å². The average molecular weight is 212 g/mol. The third-order valence-corrected chi connectivity index (χ3v) is 1.97. The first kappa shape index (κ1) is 19.0. The fraction of sp³-hybridized carbons (Fsp3) is 0.385. The fourth-order valence-electron chi connectivity index (χ4n) is 0.604. The van der Waals surface area contributed by atoms with Gasteiger partial charge in [0.1, 0.15) is 0 Å². The maximum atomic E-state index is 3.67. The van der Waals surface area contributed by atoms with Crippen LogP contribution in [0, 0.1) is 0 Å². The summed E-state index contributed by atoms with van der Waals surface area (Å²) in [6, 6.07) is 0. The van der Waals surface area contributed by atoms with Gasteiger partial charge in [0.2, 0.25) is 0 Å². The summed E-state index contributed by atoms with van der Waals surface area (Å²) < 4.78 is 0. The molecule has 0 nitrogen and oxygen atoms in total. The second-order valence-corrected chi connectivity index (χ2v) is 2.48. The molecule has 0 aromatic rings. The number of thioether (sulfide) groups is 1. The number of hydrogen-bond donors (Lipinski definition) is 0. The molecule has 0 atom stereocenters. The number of hydrogen-bond acceptors (Lipinski definition) is 1. The normalized spacial score (nSPS) is 6.64. The number of allylic oxidation sites excluding steroid dienone is 4. The van der Waals surface area contributed by atoms with Crippen LogP contribution < -0.4 is 0 Å². The molecule has 0 aliphatic carbocycles. The molecule has 0 saturated heterocycles. The largest absolute Gasteiger partial charge is 0.129 e. The van der Waals surface area contributed by atoms with Crippen LogP contribution in [0.25, 0.3) is 0 Å². The first-order valence-corrected chi connectivity index (χ1v) is 6.18. The lowest BCUT2D eigenvalue weighted by atomic mass is 10.2. The van der Waals surface area contributed by atoms with E-state index in [9.17, 15) is 0 Å². The Balaban J connectivity index is -0.000000266. The fourth-order valence-corrected chi connectivity index (χ4v) is 1.17. The van der Waals surface area contributed by atoms with Gasteiger partial charge < -0.3 is 0 Å². The van der Waals surface area contributed by atoms with Crippen LogP contribution in [0.2, 0.25) is 0 Å². The van der Waals surface area contributed by atoms with E-state index in [1.165, 1.54) is 0 Å². The zero-order valence-electron chi connectivity index (χ0n) is 10.3. The smallest absolute Gasteiger partial charge is 0.0135 e. The highest BCUT2D eigenvalue weighted by atomic mass is 32.2. The molecule has 0 fully saturated rings. The monoisotopic (exact) mass is 212 g/mol. The molecule has 0 aliphatic rings. The van der Waals surface area contributed by atoms with E-state index in [0.29, 0.717) is 0 Å². The summed E-state index contributed by atoms with van der Waals surface area (Å²) in [4.78, 5) is 1.12. The molecule has 0 bridgehead atoms. The molecular weight excluding hydrogens is 188 g/mol. The van der Waals surface area contributed by atoms with E-state index < -0.39 is 0 Å². The van der Waals surface area contributed by atoms with Crippen LogP contribution in [0.1, 0.15) is 27.7 Å². The zero-order valence-corrected chi connectivity index (χ0v) is 11.1. The van der Waals surface area contributed by atoms with Crippen molar-refractivity contribution in [2.24, 2.45) is 0 Å². The molecule has 0 spiro atoms. The van der Waals surface area contributed by atoms with Gasteiger partial charge in [0.05, 0.1) is 0 Å². The Labute approximate surface area is 94.5 Å². The van der Waals surface area contributed by atoms with Crippen LogP contribution >= 0.6 is 11.8 Å². The van der Waals surface area contributed by atoms with Gasteiger partial charge in [-0.1, -0.05) is 65.7 Å². The SMILES string of the molecule is C=CC(C=C)=C(C=C)SC.CC.CC. The lowest BCUT2D eigenvalue weighted by Gasteiger charge is -1.98. The van der Waals surface area contributed by atoms with Crippen LogP contribution in [-0.4, -0.2) is 6.26 Å². The van der Waals surface area contributed by atoms with Crippen LogP contribution in [0.15, 0.2) is 48.4 Å². The minimum Gasteiger partial charge on any atom is -0.129 e. The molecule has 0 aromatic heterocycles. The maximum absolute atomic E-state index is 3.67. The minimum atomic E-state index is 1.04. The van der Waals surface area contributed by atoms with Crippen molar-refractivity contribution >= 4 is 11.8 Å². The standard InChI is InChI=1S/C9H12S.2C2H6/c1-5-8(6-2)9(7-3)10-4;2*1-2/h5-7H,1-3H2,4H3;2*1-2H3. The Kier molecular flexibility index (Phi) is 24.6. The predicted octanol–water partition coefficient (Wildman–Crippen LogP) is 5.21. The summed E-state index contributed by atoms with van der Waals surface area (Å²) in [6.07, 6.45) is 7.37. The molecule has 0 aromatic carbocycles. The van der Waals surface area contributed by atoms with E-state index in [1.54, 1.807) is 23.9 Å². The van der Waals surface area contributed by atoms with Gasteiger partial charge >= 0.3 is 0 Å². The molecule has 14 heavy (non-hydrogen) atoms. The Morgan fingerprint density at radius 1 is 0.857 bits per heavy atom. The van der Waals surface area contributed by atoms with Gasteiger partial charge in [-0.25, -0.2) is 0 Å². The van der Waals surface area contributed by atoms with E-state index in [2.05, 4.69) is 19.7 Å². The molecule has 82 valence electrons.